The molecule has 6 heteroatoms. The summed E-state index contributed by atoms with van der Waals surface area (Å²) >= 11 is 6.26. The molecule has 1 amide bonds. The number of hydrogen-bond acceptors (Lipinski definition) is 3. The number of nitrogens with zero attached hydrogens (tertiary/aromatic N) is 1. The number of amides is 1. The maximum Gasteiger partial charge on any atom is 0.224 e. The lowest BCUT2D eigenvalue weighted by Crippen LogP contribution is -2.38. The molecule has 0 bridgehead atoms. The number of benzene rings is 2. The van der Waals surface area contributed by atoms with Gasteiger partial charge in [-0.05, 0) is 44.1 Å². The molecule has 2 aromatic carbocycles. The number of phenolic OH excluding ortho intramolecular Hbond substituents is 1. The molecule has 0 spiro atoms. The van der Waals surface area contributed by atoms with Crippen molar-refractivity contribution < 1.29 is 14.3 Å². The van der Waals surface area contributed by atoms with Crippen LogP contribution in [0.25, 0.3) is 0 Å². The number of hydrogen-bond donors (Lipinski definition) is 2. The molecule has 1 atom stereocenters. The summed E-state index contributed by atoms with van der Waals surface area (Å²) in [5, 5.41) is 13.0. The fourth-order valence-electron chi connectivity index (χ4n) is 3.40. The normalized spacial score (nSPS) is 15.8. The number of rotatable bonds is 6. The van der Waals surface area contributed by atoms with E-state index in [9.17, 15) is 14.3 Å². The van der Waals surface area contributed by atoms with Crippen molar-refractivity contribution in [2.45, 2.75) is 25.3 Å². The van der Waals surface area contributed by atoms with Gasteiger partial charge in [0, 0.05) is 22.7 Å². The third-order valence-corrected chi connectivity index (χ3v) is 5.08. The van der Waals surface area contributed by atoms with Crippen LogP contribution in [0.15, 0.2) is 42.5 Å². The Labute approximate surface area is 157 Å². The van der Waals surface area contributed by atoms with Crippen LogP contribution in [0.1, 0.15) is 30.0 Å². The van der Waals surface area contributed by atoms with E-state index in [0.29, 0.717) is 16.1 Å². The largest absolute Gasteiger partial charge is 0.508 e. The zero-order chi connectivity index (χ0) is 18.5. The lowest BCUT2D eigenvalue weighted by molar-refractivity contribution is -0.120. The number of para-hydroxylation sites is 1. The van der Waals surface area contributed by atoms with E-state index in [0.717, 1.165) is 25.9 Å². The summed E-state index contributed by atoms with van der Waals surface area (Å²) in [4.78, 5) is 14.5. The average Bonchev–Trinajstić information content (AvgIpc) is 3.14. The zero-order valence-corrected chi connectivity index (χ0v) is 15.2. The van der Waals surface area contributed by atoms with Crippen LogP contribution in [-0.2, 0) is 11.2 Å². The Bertz CT molecular complexity index is 758. The molecule has 0 radical (unpaired) electrons. The van der Waals surface area contributed by atoms with Gasteiger partial charge >= 0.3 is 0 Å². The summed E-state index contributed by atoms with van der Waals surface area (Å²) in [6.45, 7) is 1.97. The highest BCUT2D eigenvalue weighted by atomic mass is 35.5. The first-order valence-electron chi connectivity index (χ1n) is 8.78. The van der Waals surface area contributed by atoms with Crippen LogP contribution >= 0.6 is 11.6 Å². The van der Waals surface area contributed by atoms with Crippen LogP contribution in [0.4, 0.5) is 4.39 Å². The van der Waals surface area contributed by atoms with Gasteiger partial charge in [0.25, 0.3) is 0 Å². The third-order valence-electron chi connectivity index (χ3n) is 4.75. The highest BCUT2D eigenvalue weighted by molar-refractivity contribution is 6.31. The Morgan fingerprint density at radius 3 is 2.62 bits per heavy atom. The first-order chi connectivity index (χ1) is 12.6. The number of aromatic hydroxyl groups is 1. The fraction of sp³-hybridized carbons (Fsp3) is 0.350. The number of halogens is 2. The fourth-order valence-corrected chi connectivity index (χ4v) is 3.69. The van der Waals surface area contributed by atoms with Gasteiger partial charge in [0.2, 0.25) is 5.91 Å². The quantitative estimate of drug-likeness (QED) is 0.808. The summed E-state index contributed by atoms with van der Waals surface area (Å²) in [7, 11) is 0. The van der Waals surface area contributed by atoms with E-state index in [-0.39, 0.29) is 36.5 Å². The van der Waals surface area contributed by atoms with Gasteiger partial charge < -0.3 is 10.4 Å². The average molecular weight is 377 g/mol. The first-order valence-corrected chi connectivity index (χ1v) is 9.15. The van der Waals surface area contributed by atoms with Gasteiger partial charge in [-0.25, -0.2) is 4.39 Å². The molecular weight excluding hydrogens is 355 g/mol. The molecule has 1 fully saturated rings. The summed E-state index contributed by atoms with van der Waals surface area (Å²) < 4.78 is 14.4. The SMILES string of the molecule is O=C(Cc1ccccc1O)NCC(c1c(F)cccc1Cl)N1CCCC1. The lowest BCUT2D eigenvalue weighted by Gasteiger charge is -2.29. The van der Waals surface area contributed by atoms with Gasteiger partial charge in [-0.3, -0.25) is 9.69 Å². The summed E-state index contributed by atoms with van der Waals surface area (Å²) in [5.74, 6) is -0.483. The minimum atomic E-state index is -0.357. The molecule has 3 rings (SSSR count). The Kier molecular flexibility index (Phi) is 6.12. The van der Waals surface area contributed by atoms with Crippen molar-refractivity contribution in [1.29, 1.82) is 0 Å². The predicted octanol–water partition coefficient (Wildman–Crippen LogP) is 3.68. The molecule has 26 heavy (non-hydrogen) atoms. The summed E-state index contributed by atoms with van der Waals surface area (Å²) in [6, 6.07) is 11.1. The van der Waals surface area contributed by atoms with Crippen molar-refractivity contribution in [1.82, 2.24) is 10.2 Å². The van der Waals surface area contributed by atoms with Crippen LogP contribution in [0.5, 0.6) is 5.75 Å². The maximum atomic E-state index is 14.4. The Balaban J connectivity index is 1.72. The topological polar surface area (TPSA) is 52.6 Å². The molecule has 0 aliphatic carbocycles. The number of likely N-dealkylation sites (tertiary alicyclic amines) is 1. The van der Waals surface area contributed by atoms with E-state index in [2.05, 4.69) is 10.2 Å². The van der Waals surface area contributed by atoms with Crippen LogP contribution in [0.2, 0.25) is 5.02 Å². The van der Waals surface area contributed by atoms with Crippen molar-refractivity contribution in [3.8, 4) is 5.75 Å². The van der Waals surface area contributed by atoms with E-state index in [1.54, 1.807) is 36.4 Å². The third kappa shape index (κ3) is 4.34. The standard InChI is InChI=1S/C20H22ClFN2O2/c21-15-7-5-8-16(22)20(15)17(24-10-3-4-11-24)13-23-19(26)12-14-6-1-2-9-18(14)25/h1-2,5-9,17,25H,3-4,10-13H2,(H,23,26). The second-order valence-electron chi connectivity index (χ2n) is 6.50. The maximum absolute atomic E-state index is 14.4. The van der Waals surface area contributed by atoms with Crippen LogP contribution < -0.4 is 5.32 Å². The highest BCUT2D eigenvalue weighted by Crippen LogP contribution is 2.32. The molecule has 1 aliphatic heterocycles. The van der Waals surface area contributed by atoms with Gasteiger partial charge in [0.1, 0.15) is 11.6 Å². The van der Waals surface area contributed by atoms with Gasteiger partial charge in [-0.2, -0.15) is 0 Å². The number of nitrogens with one attached hydrogen (secondary N) is 1. The molecule has 2 N–H and O–H groups in total. The molecule has 4 nitrogen and oxygen atoms in total. The second-order valence-corrected chi connectivity index (χ2v) is 6.91. The Morgan fingerprint density at radius 1 is 1.19 bits per heavy atom. The number of carbonyl (C=O) groups is 1. The minimum absolute atomic E-state index is 0.0738. The summed E-state index contributed by atoms with van der Waals surface area (Å²) in [5.41, 5.74) is 0.991. The van der Waals surface area contributed by atoms with Crippen molar-refractivity contribution in [3.63, 3.8) is 0 Å². The molecule has 1 aliphatic rings. The molecule has 1 heterocycles. The van der Waals surface area contributed by atoms with Gasteiger partial charge in [0.05, 0.1) is 12.5 Å². The van der Waals surface area contributed by atoms with Crippen LogP contribution in [0.3, 0.4) is 0 Å². The molecule has 138 valence electrons. The first kappa shape index (κ1) is 18.7. The molecule has 1 saturated heterocycles. The van der Waals surface area contributed by atoms with E-state index < -0.39 is 0 Å². The number of phenols is 1. The molecular formula is C20H22ClFN2O2. The van der Waals surface area contributed by atoms with Crippen LogP contribution in [-0.4, -0.2) is 35.5 Å². The van der Waals surface area contributed by atoms with Crippen molar-refractivity contribution in [3.05, 3.63) is 64.4 Å². The van der Waals surface area contributed by atoms with Gasteiger partial charge in [-0.15, -0.1) is 0 Å². The molecule has 0 saturated carbocycles. The van der Waals surface area contributed by atoms with Crippen molar-refractivity contribution in [2.24, 2.45) is 0 Å². The van der Waals surface area contributed by atoms with E-state index in [1.807, 2.05) is 0 Å². The van der Waals surface area contributed by atoms with E-state index in [4.69, 9.17) is 11.6 Å². The smallest absolute Gasteiger partial charge is 0.224 e. The van der Waals surface area contributed by atoms with E-state index >= 15 is 0 Å². The summed E-state index contributed by atoms with van der Waals surface area (Å²) in [6.07, 6.45) is 2.17. The van der Waals surface area contributed by atoms with Crippen molar-refractivity contribution in [2.75, 3.05) is 19.6 Å². The minimum Gasteiger partial charge on any atom is -0.508 e. The lowest BCUT2D eigenvalue weighted by atomic mass is 10.0. The number of carbonyl (C=O) groups excluding carboxylic acids is 1. The van der Waals surface area contributed by atoms with Crippen molar-refractivity contribution >= 4 is 17.5 Å². The Hall–Kier alpha value is -2.11. The monoisotopic (exact) mass is 376 g/mol. The Morgan fingerprint density at radius 2 is 1.92 bits per heavy atom. The van der Waals surface area contributed by atoms with Gasteiger partial charge in [-0.1, -0.05) is 35.9 Å². The van der Waals surface area contributed by atoms with Crippen LogP contribution in [0, 0.1) is 5.82 Å². The van der Waals surface area contributed by atoms with E-state index in [1.165, 1.54) is 6.07 Å². The zero-order valence-electron chi connectivity index (χ0n) is 14.4. The molecule has 0 aromatic heterocycles. The molecule has 1 unspecified atom stereocenters. The second kappa shape index (κ2) is 8.52. The highest BCUT2D eigenvalue weighted by Gasteiger charge is 2.28. The van der Waals surface area contributed by atoms with Gasteiger partial charge in [0.15, 0.2) is 0 Å². The predicted molar refractivity (Wildman–Crippen MR) is 99.8 cm³/mol. The molecule has 2 aromatic rings.